The monoisotopic (exact) mass is 285 g/mol. The molecular weight excluding hydrogens is 270 g/mol. The fourth-order valence-corrected chi connectivity index (χ4v) is 1.86. The van der Waals surface area contributed by atoms with Gasteiger partial charge >= 0.3 is 5.97 Å². The highest BCUT2D eigenvalue weighted by molar-refractivity contribution is 5.73. The average molecular weight is 285 g/mol. The number of carbonyl (C=O) groups is 1. The van der Waals surface area contributed by atoms with E-state index >= 15 is 0 Å². The van der Waals surface area contributed by atoms with Crippen molar-refractivity contribution >= 4 is 11.7 Å². The van der Waals surface area contributed by atoms with Gasteiger partial charge in [0, 0.05) is 0 Å². The first-order chi connectivity index (χ1) is 9.41. The molecule has 0 aliphatic carbocycles. The van der Waals surface area contributed by atoms with Crippen LogP contribution in [0.25, 0.3) is 0 Å². The molecule has 20 heavy (non-hydrogen) atoms. The van der Waals surface area contributed by atoms with Crippen molar-refractivity contribution in [2.24, 2.45) is 0 Å². The van der Waals surface area contributed by atoms with Gasteiger partial charge in [0.1, 0.15) is 24.1 Å². The number of hydrogen-bond donors (Lipinski definition) is 5. The molecule has 0 bridgehead atoms. The summed E-state index contributed by atoms with van der Waals surface area (Å²) in [6.07, 6.45) is -8.24. The third-order valence-corrected chi connectivity index (χ3v) is 2.98. The first-order valence-electron chi connectivity index (χ1n) is 5.85. The number of aliphatic hydroxyl groups is 3. The summed E-state index contributed by atoms with van der Waals surface area (Å²) in [5.74, 6) is -1.30. The van der Waals surface area contributed by atoms with Crippen LogP contribution >= 0.6 is 0 Å². The second-order valence-corrected chi connectivity index (χ2v) is 4.39. The van der Waals surface area contributed by atoms with Crippen molar-refractivity contribution in [2.75, 3.05) is 5.73 Å². The van der Waals surface area contributed by atoms with Gasteiger partial charge in [-0.25, -0.2) is 4.79 Å². The van der Waals surface area contributed by atoms with Crippen LogP contribution in [-0.4, -0.2) is 57.1 Å². The van der Waals surface area contributed by atoms with Gasteiger partial charge in [-0.05, 0) is 12.1 Å². The van der Waals surface area contributed by atoms with Crippen molar-refractivity contribution in [3.63, 3.8) is 0 Å². The molecule has 6 N–H and O–H groups in total. The molecule has 0 radical (unpaired) electrons. The van der Waals surface area contributed by atoms with Gasteiger partial charge in [-0.2, -0.15) is 0 Å². The van der Waals surface area contributed by atoms with Crippen LogP contribution in [0.3, 0.4) is 0 Å². The molecular formula is C12H15NO7. The van der Waals surface area contributed by atoms with Gasteiger partial charge in [-0.1, -0.05) is 12.1 Å². The zero-order chi connectivity index (χ0) is 14.9. The van der Waals surface area contributed by atoms with E-state index in [1.54, 1.807) is 18.2 Å². The van der Waals surface area contributed by atoms with Crippen LogP contribution in [0, 0.1) is 0 Å². The number of ether oxygens (including phenoxy) is 2. The number of nitrogen functional groups attached to an aromatic ring is 1. The van der Waals surface area contributed by atoms with Crippen LogP contribution in [0.5, 0.6) is 5.75 Å². The third kappa shape index (κ3) is 2.68. The number of rotatable bonds is 3. The van der Waals surface area contributed by atoms with Crippen LogP contribution < -0.4 is 10.5 Å². The maximum Gasteiger partial charge on any atom is 0.335 e. The van der Waals surface area contributed by atoms with Crippen molar-refractivity contribution in [1.29, 1.82) is 0 Å². The molecule has 0 amide bonds. The Labute approximate surface area is 114 Å². The number of nitrogens with two attached hydrogens (primary N) is 1. The van der Waals surface area contributed by atoms with E-state index in [1.807, 2.05) is 0 Å². The quantitative estimate of drug-likeness (QED) is 0.424. The summed E-state index contributed by atoms with van der Waals surface area (Å²) in [5.41, 5.74) is 5.91. The Morgan fingerprint density at radius 1 is 1.15 bits per heavy atom. The van der Waals surface area contributed by atoms with Crippen LogP contribution in [0.2, 0.25) is 0 Å². The number of carboxylic acids is 1. The molecule has 0 spiro atoms. The van der Waals surface area contributed by atoms with E-state index in [0.29, 0.717) is 0 Å². The summed E-state index contributed by atoms with van der Waals surface area (Å²) < 4.78 is 10.2. The predicted molar refractivity (Wildman–Crippen MR) is 65.8 cm³/mol. The molecule has 1 aliphatic heterocycles. The summed E-state index contributed by atoms with van der Waals surface area (Å²) in [6.45, 7) is 0. The summed E-state index contributed by atoms with van der Waals surface area (Å²) in [5, 5.41) is 37.8. The van der Waals surface area contributed by atoms with Crippen LogP contribution in [0.1, 0.15) is 0 Å². The lowest BCUT2D eigenvalue weighted by atomic mass is 9.99. The largest absolute Gasteiger partial charge is 0.479 e. The molecule has 1 aromatic carbocycles. The Morgan fingerprint density at radius 3 is 2.40 bits per heavy atom. The van der Waals surface area contributed by atoms with Gasteiger partial charge in [0.15, 0.2) is 6.10 Å². The Balaban J connectivity index is 2.18. The van der Waals surface area contributed by atoms with Crippen molar-refractivity contribution in [3.8, 4) is 5.75 Å². The van der Waals surface area contributed by atoms with E-state index in [9.17, 15) is 20.1 Å². The molecule has 0 saturated carbocycles. The van der Waals surface area contributed by atoms with E-state index in [0.717, 1.165) is 0 Å². The second kappa shape index (κ2) is 5.63. The highest BCUT2D eigenvalue weighted by Gasteiger charge is 2.48. The number of para-hydroxylation sites is 2. The van der Waals surface area contributed by atoms with Gasteiger partial charge in [-0.15, -0.1) is 0 Å². The lowest BCUT2D eigenvalue weighted by Gasteiger charge is -2.38. The minimum atomic E-state index is -1.75. The van der Waals surface area contributed by atoms with Crippen molar-refractivity contribution in [3.05, 3.63) is 24.3 Å². The smallest absolute Gasteiger partial charge is 0.335 e. The third-order valence-electron chi connectivity index (χ3n) is 2.98. The molecule has 5 atom stereocenters. The zero-order valence-corrected chi connectivity index (χ0v) is 10.3. The van der Waals surface area contributed by atoms with Crippen LogP contribution in [-0.2, 0) is 9.53 Å². The van der Waals surface area contributed by atoms with Gasteiger partial charge < -0.3 is 35.6 Å². The predicted octanol–water partition coefficient (Wildman–Crippen LogP) is -1.46. The Morgan fingerprint density at radius 2 is 1.80 bits per heavy atom. The molecule has 0 aromatic heterocycles. The summed E-state index contributed by atoms with van der Waals surface area (Å²) >= 11 is 0. The van der Waals surface area contributed by atoms with Gasteiger partial charge in [0.25, 0.3) is 0 Å². The molecule has 0 unspecified atom stereocenters. The van der Waals surface area contributed by atoms with Crippen molar-refractivity contribution < 1.29 is 34.7 Å². The molecule has 2 rings (SSSR count). The molecule has 8 nitrogen and oxygen atoms in total. The summed E-state index contributed by atoms with van der Waals surface area (Å²) in [4.78, 5) is 10.9. The Bertz CT molecular complexity index is 494. The van der Waals surface area contributed by atoms with E-state index in [2.05, 4.69) is 0 Å². The van der Waals surface area contributed by atoms with E-state index in [4.69, 9.17) is 20.3 Å². The Kier molecular flexibility index (Phi) is 4.09. The first kappa shape index (κ1) is 14.5. The highest BCUT2D eigenvalue weighted by atomic mass is 16.7. The van der Waals surface area contributed by atoms with Crippen LogP contribution in [0.15, 0.2) is 24.3 Å². The molecule has 110 valence electrons. The van der Waals surface area contributed by atoms with Crippen molar-refractivity contribution in [2.45, 2.75) is 30.7 Å². The lowest BCUT2D eigenvalue weighted by Crippen LogP contribution is -2.61. The normalized spacial score (nSPS) is 33.6. The van der Waals surface area contributed by atoms with Gasteiger partial charge in [-0.3, -0.25) is 0 Å². The lowest BCUT2D eigenvalue weighted by molar-refractivity contribution is -0.271. The molecule has 1 aromatic rings. The topological polar surface area (TPSA) is 142 Å². The number of hydrogen-bond acceptors (Lipinski definition) is 7. The standard InChI is InChI=1S/C12H15NO7/c13-5-3-1-2-4-6(5)19-12-9(16)7(14)8(15)10(20-12)11(17)18/h1-4,7-10,12,14-16H,13H2,(H,17,18)/t7-,8-,9-,10-,12+/m0/s1. The average Bonchev–Trinajstić information content (AvgIpc) is 2.41. The minimum Gasteiger partial charge on any atom is -0.479 e. The zero-order valence-electron chi connectivity index (χ0n) is 10.3. The highest BCUT2D eigenvalue weighted by Crippen LogP contribution is 2.27. The fourth-order valence-electron chi connectivity index (χ4n) is 1.86. The maximum atomic E-state index is 10.9. The summed E-state index contributed by atoms with van der Waals surface area (Å²) in [7, 11) is 0. The molecule has 1 saturated heterocycles. The number of benzene rings is 1. The van der Waals surface area contributed by atoms with E-state index < -0.39 is 36.7 Å². The minimum absolute atomic E-state index is 0.171. The molecule has 1 aliphatic rings. The first-order valence-corrected chi connectivity index (χ1v) is 5.85. The number of aliphatic carboxylic acids is 1. The van der Waals surface area contributed by atoms with Crippen molar-refractivity contribution in [1.82, 2.24) is 0 Å². The van der Waals surface area contributed by atoms with E-state index in [1.165, 1.54) is 6.07 Å². The van der Waals surface area contributed by atoms with Gasteiger partial charge in [0.05, 0.1) is 5.69 Å². The SMILES string of the molecule is Nc1ccccc1O[C@@H]1O[C@H](C(=O)O)[C@@H](O)[C@H](O)[C@@H]1O. The van der Waals surface area contributed by atoms with E-state index in [-0.39, 0.29) is 11.4 Å². The summed E-state index contributed by atoms with van der Waals surface area (Å²) in [6, 6.07) is 6.34. The van der Waals surface area contributed by atoms with Gasteiger partial charge in [0.2, 0.25) is 6.29 Å². The molecule has 1 fully saturated rings. The number of aliphatic hydroxyl groups excluding tert-OH is 3. The van der Waals surface area contributed by atoms with Crippen LogP contribution in [0.4, 0.5) is 5.69 Å². The Hall–Kier alpha value is -1.87. The molecule has 1 heterocycles. The molecule has 8 heteroatoms. The number of carboxylic acid groups (broad SMARTS) is 1. The number of anilines is 1. The fraction of sp³-hybridized carbons (Fsp3) is 0.417. The maximum absolute atomic E-state index is 10.9. The second-order valence-electron chi connectivity index (χ2n) is 4.39.